The number of hydrogen-bond donors (Lipinski definition) is 1. The highest BCUT2D eigenvalue weighted by Crippen LogP contribution is 2.07. The summed E-state index contributed by atoms with van der Waals surface area (Å²) >= 11 is 0. The van der Waals surface area contributed by atoms with Crippen molar-refractivity contribution in [2.24, 2.45) is 5.92 Å². The largest absolute Gasteiger partial charge is 0.302 e. The van der Waals surface area contributed by atoms with E-state index in [1.807, 2.05) is 13.8 Å². The first-order valence-electron chi connectivity index (χ1n) is 4.67. The lowest BCUT2D eigenvalue weighted by Gasteiger charge is -2.18. The van der Waals surface area contributed by atoms with Crippen molar-refractivity contribution >= 4 is 5.78 Å². The van der Waals surface area contributed by atoms with Crippen LogP contribution in [-0.4, -0.2) is 17.9 Å². The van der Waals surface area contributed by atoms with Crippen LogP contribution in [0.25, 0.3) is 0 Å². The standard InChI is InChI=1S/C10H17F2NO/c1-6(2)10(14)8(5-9(11)12)13-7(3)4/h5-8,13H,1-4H3. The predicted molar refractivity (Wildman–Crippen MR) is 52.2 cm³/mol. The van der Waals surface area contributed by atoms with Crippen LogP contribution in [0.3, 0.4) is 0 Å². The molecule has 14 heavy (non-hydrogen) atoms. The van der Waals surface area contributed by atoms with Gasteiger partial charge in [-0.25, -0.2) is 0 Å². The maximum atomic E-state index is 12.0. The van der Waals surface area contributed by atoms with Gasteiger partial charge >= 0.3 is 0 Å². The Morgan fingerprint density at radius 1 is 1.21 bits per heavy atom. The van der Waals surface area contributed by atoms with E-state index in [9.17, 15) is 13.6 Å². The minimum Gasteiger partial charge on any atom is -0.302 e. The van der Waals surface area contributed by atoms with Crippen LogP contribution in [0.1, 0.15) is 27.7 Å². The molecule has 0 saturated heterocycles. The maximum Gasteiger partial charge on any atom is 0.268 e. The summed E-state index contributed by atoms with van der Waals surface area (Å²) < 4.78 is 24.1. The number of carbonyl (C=O) groups excluding carboxylic acids is 1. The van der Waals surface area contributed by atoms with Crippen LogP contribution >= 0.6 is 0 Å². The summed E-state index contributed by atoms with van der Waals surface area (Å²) in [6, 6.07) is -0.877. The Bertz CT molecular complexity index is 220. The average molecular weight is 205 g/mol. The third-order valence-corrected chi connectivity index (χ3v) is 1.68. The molecule has 0 fully saturated rings. The molecule has 4 heteroatoms. The number of hydrogen-bond acceptors (Lipinski definition) is 2. The van der Waals surface area contributed by atoms with Gasteiger partial charge in [-0.05, 0) is 13.8 Å². The van der Waals surface area contributed by atoms with Crippen molar-refractivity contribution in [3.05, 3.63) is 12.2 Å². The Morgan fingerprint density at radius 3 is 2.00 bits per heavy atom. The number of rotatable bonds is 5. The number of nitrogens with one attached hydrogen (secondary N) is 1. The molecule has 0 spiro atoms. The van der Waals surface area contributed by atoms with Crippen LogP contribution in [0, 0.1) is 5.92 Å². The fourth-order valence-electron chi connectivity index (χ4n) is 1.06. The Morgan fingerprint density at radius 2 is 1.71 bits per heavy atom. The lowest BCUT2D eigenvalue weighted by molar-refractivity contribution is -0.123. The smallest absolute Gasteiger partial charge is 0.268 e. The van der Waals surface area contributed by atoms with Crippen molar-refractivity contribution in [2.45, 2.75) is 39.8 Å². The molecule has 0 bridgehead atoms. The molecule has 0 aliphatic rings. The van der Waals surface area contributed by atoms with Crippen LogP contribution in [0.4, 0.5) is 8.78 Å². The van der Waals surface area contributed by atoms with Crippen LogP contribution < -0.4 is 5.32 Å². The third-order valence-electron chi connectivity index (χ3n) is 1.68. The van der Waals surface area contributed by atoms with Crippen molar-refractivity contribution in [3.63, 3.8) is 0 Å². The maximum absolute atomic E-state index is 12.0. The molecular weight excluding hydrogens is 188 g/mol. The minimum atomic E-state index is -1.82. The number of carbonyl (C=O) groups is 1. The zero-order valence-electron chi connectivity index (χ0n) is 8.97. The van der Waals surface area contributed by atoms with Gasteiger partial charge < -0.3 is 5.32 Å². The lowest BCUT2D eigenvalue weighted by Crippen LogP contribution is -2.41. The zero-order valence-corrected chi connectivity index (χ0v) is 8.97. The molecule has 82 valence electrons. The summed E-state index contributed by atoms with van der Waals surface area (Å²) in [5.41, 5.74) is 0. The molecule has 0 saturated carbocycles. The normalized spacial score (nSPS) is 13.1. The first-order chi connectivity index (χ1) is 6.34. The van der Waals surface area contributed by atoms with E-state index in [2.05, 4.69) is 5.32 Å². The number of halogens is 2. The van der Waals surface area contributed by atoms with Gasteiger partial charge in [-0.2, -0.15) is 8.78 Å². The van der Waals surface area contributed by atoms with Crippen LogP contribution in [-0.2, 0) is 4.79 Å². The minimum absolute atomic E-state index is 0.00157. The molecule has 0 aromatic heterocycles. The molecule has 2 nitrogen and oxygen atoms in total. The van der Waals surface area contributed by atoms with Gasteiger partial charge in [-0.1, -0.05) is 13.8 Å². The van der Waals surface area contributed by atoms with E-state index in [1.54, 1.807) is 13.8 Å². The zero-order chi connectivity index (χ0) is 11.3. The molecular formula is C10H17F2NO. The van der Waals surface area contributed by atoms with E-state index in [-0.39, 0.29) is 17.7 Å². The summed E-state index contributed by atoms with van der Waals surface area (Å²) in [6.45, 7) is 7.01. The fraction of sp³-hybridized carbons (Fsp3) is 0.700. The monoisotopic (exact) mass is 205 g/mol. The Labute approximate surface area is 83.4 Å². The van der Waals surface area contributed by atoms with Gasteiger partial charge in [-0.15, -0.1) is 0 Å². The molecule has 0 aliphatic carbocycles. The SMILES string of the molecule is CC(C)NC(C=C(F)F)C(=O)C(C)C. The van der Waals surface area contributed by atoms with Gasteiger partial charge in [0.1, 0.15) is 0 Å². The predicted octanol–water partition coefficient (Wildman–Crippen LogP) is 2.36. The van der Waals surface area contributed by atoms with Crippen molar-refractivity contribution in [1.29, 1.82) is 0 Å². The number of Topliss-reactive ketones (excluding diaryl/α,β-unsaturated/α-hetero) is 1. The molecule has 1 atom stereocenters. The molecule has 0 aliphatic heterocycles. The molecule has 0 aromatic carbocycles. The van der Waals surface area contributed by atoms with Crippen molar-refractivity contribution in [1.82, 2.24) is 5.32 Å². The van der Waals surface area contributed by atoms with Crippen molar-refractivity contribution in [3.8, 4) is 0 Å². The number of ketones is 1. The van der Waals surface area contributed by atoms with Gasteiger partial charge in [0.2, 0.25) is 0 Å². The molecule has 0 radical (unpaired) electrons. The summed E-state index contributed by atoms with van der Waals surface area (Å²) in [6.07, 6.45) is -1.15. The van der Waals surface area contributed by atoms with E-state index < -0.39 is 12.1 Å². The Hall–Kier alpha value is -0.770. The van der Waals surface area contributed by atoms with E-state index >= 15 is 0 Å². The average Bonchev–Trinajstić information content (AvgIpc) is 1.99. The topological polar surface area (TPSA) is 29.1 Å². The van der Waals surface area contributed by atoms with E-state index in [0.29, 0.717) is 6.08 Å². The van der Waals surface area contributed by atoms with Gasteiger partial charge in [0.05, 0.1) is 6.04 Å². The quantitative estimate of drug-likeness (QED) is 0.746. The van der Waals surface area contributed by atoms with Crippen molar-refractivity contribution in [2.75, 3.05) is 0 Å². The Kier molecular flexibility index (Phi) is 5.53. The summed E-state index contributed by atoms with van der Waals surface area (Å²) in [4.78, 5) is 11.5. The molecule has 0 rings (SSSR count). The van der Waals surface area contributed by atoms with E-state index in [4.69, 9.17) is 0 Å². The van der Waals surface area contributed by atoms with Crippen LogP contribution in [0.5, 0.6) is 0 Å². The second kappa shape index (κ2) is 5.86. The van der Waals surface area contributed by atoms with Gasteiger partial charge in [0.15, 0.2) is 5.78 Å². The first-order valence-corrected chi connectivity index (χ1v) is 4.67. The second-order valence-electron chi connectivity index (χ2n) is 3.81. The molecule has 0 heterocycles. The van der Waals surface area contributed by atoms with Gasteiger partial charge in [0, 0.05) is 18.0 Å². The van der Waals surface area contributed by atoms with Crippen molar-refractivity contribution < 1.29 is 13.6 Å². The molecule has 0 amide bonds. The van der Waals surface area contributed by atoms with Crippen LogP contribution in [0.15, 0.2) is 12.2 Å². The lowest BCUT2D eigenvalue weighted by atomic mass is 10.0. The molecule has 0 aromatic rings. The van der Waals surface area contributed by atoms with Crippen LogP contribution in [0.2, 0.25) is 0 Å². The van der Waals surface area contributed by atoms with E-state index in [0.717, 1.165) is 0 Å². The third kappa shape index (κ3) is 5.07. The molecule has 1 N–H and O–H groups in total. The fourth-order valence-corrected chi connectivity index (χ4v) is 1.06. The highest BCUT2D eigenvalue weighted by molar-refractivity contribution is 5.87. The highest BCUT2D eigenvalue weighted by atomic mass is 19.3. The van der Waals surface area contributed by atoms with Gasteiger partial charge in [0.25, 0.3) is 6.08 Å². The summed E-state index contributed by atoms with van der Waals surface area (Å²) in [5, 5.41) is 2.79. The highest BCUT2D eigenvalue weighted by Gasteiger charge is 2.20. The summed E-state index contributed by atoms with van der Waals surface area (Å²) in [7, 11) is 0. The van der Waals surface area contributed by atoms with E-state index in [1.165, 1.54) is 0 Å². The summed E-state index contributed by atoms with van der Waals surface area (Å²) in [5.74, 6) is -0.464. The molecule has 1 unspecified atom stereocenters. The Balaban J connectivity index is 4.55. The second-order valence-corrected chi connectivity index (χ2v) is 3.81. The van der Waals surface area contributed by atoms with Gasteiger partial charge in [-0.3, -0.25) is 4.79 Å². The first kappa shape index (κ1) is 13.2.